The number of nitriles is 2. The van der Waals surface area contributed by atoms with E-state index in [9.17, 15) is 10.1 Å². The Morgan fingerprint density at radius 1 is 0.718 bits per heavy atom. The number of nitrogens with two attached hydrogens (primary N) is 1. The number of hydrogen-bond acceptors (Lipinski definition) is 7. The molecule has 198 valence electrons. The lowest BCUT2D eigenvalue weighted by molar-refractivity contribution is -0.384. The van der Waals surface area contributed by atoms with Crippen molar-refractivity contribution in [2.45, 2.75) is 35.1 Å². The Balaban J connectivity index is 0.000000268. The molecule has 4 aromatic carbocycles. The van der Waals surface area contributed by atoms with Crippen molar-refractivity contribution in [2.24, 2.45) is 0 Å². The van der Waals surface area contributed by atoms with Gasteiger partial charge in [-0.05, 0) is 98.5 Å². The van der Waals surface area contributed by atoms with Crippen LogP contribution in [0.15, 0.2) is 72.8 Å². The molecule has 0 aliphatic carbocycles. The fourth-order valence-electron chi connectivity index (χ4n) is 3.65. The first-order valence-electron chi connectivity index (χ1n) is 11.8. The van der Waals surface area contributed by atoms with E-state index < -0.39 is 4.92 Å². The Morgan fingerprint density at radius 3 is 1.64 bits per heavy atom. The maximum Gasteiger partial charge on any atom is 0.310 e. The predicted octanol–water partition coefficient (Wildman–Crippen LogP) is 7.96. The van der Waals surface area contributed by atoms with Crippen molar-refractivity contribution < 1.29 is 4.92 Å². The van der Waals surface area contributed by atoms with Crippen LogP contribution < -0.4 is 16.4 Å². The monoisotopic (exact) mass is 520 g/mol. The Bertz CT molecular complexity index is 1580. The molecule has 0 atom stereocenters. The highest BCUT2D eigenvalue weighted by molar-refractivity contribution is 5.77. The SMILES string of the molecule is C.Cc1ccc(Nc2cccc(C#N)c2N)cc1C.Cc1ccc(Nc2cccc(C#N)c2[N+](=O)[O-])cc1C. The average molecular weight is 521 g/mol. The van der Waals surface area contributed by atoms with Crippen LogP contribution in [0.2, 0.25) is 0 Å². The molecule has 0 heterocycles. The molecule has 0 amide bonds. The van der Waals surface area contributed by atoms with Crippen molar-refractivity contribution in [1.29, 1.82) is 10.5 Å². The van der Waals surface area contributed by atoms with Gasteiger partial charge in [-0.2, -0.15) is 10.5 Å². The summed E-state index contributed by atoms with van der Waals surface area (Å²) in [7, 11) is 0. The van der Waals surface area contributed by atoms with Gasteiger partial charge in [-0.25, -0.2) is 0 Å². The minimum atomic E-state index is -0.540. The van der Waals surface area contributed by atoms with Crippen LogP contribution in [0.4, 0.5) is 34.1 Å². The second-order valence-corrected chi connectivity index (χ2v) is 8.80. The van der Waals surface area contributed by atoms with E-state index in [0.29, 0.717) is 16.9 Å². The zero-order chi connectivity index (χ0) is 27.8. The Hall–Kier alpha value is -5.34. The summed E-state index contributed by atoms with van der Waals surface area (Å²) in [5, 5.41) is 35.3. The van der Waals surface area contributed by atoms with Gasteiger partial charge in [0.05, 0.1) is 21.9 Å². The van der Waals surface area contributed by atoms with Gasteiger partial charge in [0.2, 0.25) is 0 Å². The van der Waals surface area contributed by atoms with Gasteiger partial charge in [-0.1, -0.05) is 31.7 Å². The van der Waals surface area contributed by atoms with E-state index in [-0.39, 0.29) is 18.7 Å². The smallest absolute Gasteiger partial charge is 0.310 e. The van der Waals surface area contributed by atoms with Crippen molar-refractivity contribution in [2.75, 3.05) is 16.4 Å². The zero-order valence-electron chi connectivity index (χ0n) is 21.7. The first-order chi connectivity index (χ1) is 18.1. The maximum atomic E-state index is 11.1. The van der Waals surface area contributed by atoms with Gasteiger partial charge < -0.3 is 16.4 Å². The van der Waals surface area contributed by atoms with Gasteiger partial charge in [-0.15, -0.1) is 0 Å². The Kier molecular flexibility index (Phi) is 10.2. The topological polar surface area (TPSA) is 141 Å². The minimum absolute atomic E-state index is 0. The molecule has 0 radical (unpaired) electrons. The molecule has 4 aromatic rings. The van der Waals surface area contributed by atoms with Crippen LogP contribution >= 0.6 is 0 Å². The summed E-state index contributed by atoms with van der Waals surface area (Å²) in [5.41, 5.74) is 14.3. The standard InChI is InChI=1S/C15H13N3O2.C15H15N3.CH4/c1-10-6-7-13(8-11(10)2)17-14-5-3-4-12(9-16)15(14)18(19)20;1-10-6-7-13(8-11(10)2)18-14-5-3-4-12(9-16)15(14)17;/h3-8,17H,1-2H3;3-8,18H,17H2,1-2H3;1H4. The molecule has 0 bridgehead atoms. The normalized spacial score (nSPS) is 9.59. The molecule has 8 heteroatoms. The van der Waals surface area contributed by atoms with Crippen molar-refractivity contribution in [3.63, 3.8) is 0 Å². The second-order valence-electron chi connectivity index (χ2n) is 8.80. The largest absolute Gasteiger partial charge is 0.396 e. The first kappa shape index (κ1) is 29.9. The molecule has 0 fully saturated rings. The van der Waals surface area contributed by atoms with Crippen molar-refractivity contribution in [3.8, 4) is 12.1 Å². The number of hydrogen-bond donors (Lipinski definition) is 3. The number of benzene rings is 4. The molecule has 0 saturated heterocycles. The van der Waals surface area contributed by atoms with E-state index in [2.05, 4.69) is 42.7 Å². The summed E-state index contributed by atoms with van der Waals surface area (Å²) < 4.78 is 0. The van der Waals surface area contributed by atoms with Crippen LogP contribution in [0, 0.1) is 60.5 Å². The van der Waals surface area contributed by atoms with Gasteiger partial charge in [0, 0.05) is 11.4 Å². The maximum absolute atomic E-state index is 11.1. The molecular formula is C31H32N6O2. The average Bonchev–Trinajstić information content (AvgIpc) is 2.89. The van der Waals surface area contributed by atoms with Gasteiger partial charge in [0.15, 0.2) is 0 Å². The molecular weight excluding hydrogens is 488 g/mol. The van der Waals surface area contributed by atoms with E-state index in [0.717, 1.165) is 28.2 Å². The van der Waals surface area contributed by atoms with Gasteiger partial charge >= 0.3 is 5.69 Å². The van der Waals surface area contributed by atoms with Gasteiger partial charge in [0.1, 0.15) is 23.4 Å². The van der Waals surface area contributed by atoms with Gasteiger partial charge in [-0.3, -0.25) is 10.1 Å². The summed E-state index contributed by atoms with van der Waals surface area (Å²) in [6.07, 6.45) is 0. The zero-order valence-corrected chi connectivity index (χ0v) is 21.7. The first-order valence-corrected chi connectivity index (χ1v) is 11.8. The third kappa shape index (κ3) is 7.34. The number of para-hydroxylation sites is 2. The number of nitro groups is 1. The molecule has 0 aromatic heterocycles. The lowest BCUT2D eigenvalue weighted by Crippen LogP contribution is -1.99. The summed E-state index contributed by atoms with van der Waals surface area (Å²) in [6.45, 7) is 8.11. The lowest BCUT2D eigenvalue weighted by Gasteiger charge is -2.11. The van der Waals surface area contributed by atoms with E-state index in [4.69, 9.17) is 16.3 Å². The third-order valence-corrected chi connectivity index (χ3v) is 6.14. The highest BCUT2D eigenvalue weighted by Crippen LogP contribution is 2.31. The Morgan fingerprint density at radius 2 is 1.18 bits per heavy atom. The quantitative estimate of drug-likeness (QED) is 0.138. The van der Waals surface area contributed by atoms with Crippen LogP contribution in [0.25, 0.3) is 0 Å². The third-order valence-electron chi connectivity index (χ3n) is 6.14. The number of rotatable bonds is 5. The fraction of sp³-hybridized carbons (Fsp3) is 0.161. The highest BCUT2D eigenvalue weighted by atomic mass is 16.6. The number of anilines is 5. The predicted molar refractivity (Wildman–Crippen MR) is 159 cm³/mol. The lowest BCUT2D eigenvalue weighted by atomic mass is 10.1. The summed E-state index contributed by atoms with van der Waals surface area (Å²) in [4.78, 5) is 10.6. The van der Waals surface area contributed by atoms with Crippen molar-refractivity contribution >= 4 is 34.1 Å². The van der Waals surface area contributed by atoms with Crippen LogP contribution in [-0.4, -0.2) is 4.92 Å². The van der Waals surface area contributed by atoms with Crippen LogP contribution in [-0.2, 0) is 0 Å². The highest BCUT2D eigenvalue weighted by Gasteiger charge is 2.19. The second kappa shape index (κ2) is 13.3. The number of nitrogen functional groups attached to an aromatic ring is 1. The molecule has 0 aliphatic heterocycles. The fourth-order valence-corrected chi connectivity index (χ4v) is 3.65. The van der Waals surface area contributed by atoms with E-state index in [1.807, 2.05) is 56.3 Å². The number of aryl methyl sites for hydroxylation is 4. The van der Waals surface area contributed by atoms with Crippen LogP contribution in [0.5, 0.6) is 0 Å². The van der Waals surface area contributed by atoms with Crippen LogP contribution in [0.3, 0.4) is 0 Å². The van der Waals surface area contributed by atoms with E-state index in [1.165, 1.54) is 17.2 Å². The summed E-state index contributed by atoms with van der Waals surface area (Å²) in [6, 6.07) is 25.8. The molecule has 0 spiro atoms. The van der Waals surface area contributed by atoms with Gasteiger partial charge in [0.25, 0.3) is 0 Å². The molecule has 8 nitrogen and oxygen atoms in total. The van der Waals surface area contributed by atoms with Crippen molar-refractivity contribution in [1.82, 2.24) is 0 Å². The van der Waals surface area contributed by atoms with Crippen LogP contribution in [0.1, 0.15) is 40.8 Å². The number of nitro benzene ring substituents is 1. The summed E-state index contributed by atoms with van der Waals surface area (Å²) in [5.74, 6) is 0. The van der Waals surface area contributed by atoms with E-state index >= 15 is 0 Å². The molecule has 0 aliphatic rings. The van der Waals surface area contributed by atoms with Crippen molar-refractivity contribution in [3.05, 3.63) is 116 Å². The molecule has 0 unspecified atom stereocenters. The number of nitrogens with zero attached hydrogens (tertiary/aromatic N) is 3. The molecule has 0 saturated carbocycles. The molecule has 39 heavy (non-hydrogen) atoms. The van der Waals surface area contributed by atoms with E-state index in [1.54, 1.807) is 18.2 Å². The number of nitrogens with one attached hydrogen (secondary N) is 2. The molecule has 4 rings (SSSR count). The molecule has 4 N–H and O–H groups in total. The Labute approximate surface area is 229 Å². The minimum Gasteiger partial charge on any atom is -0.396 e. The summed E-state index contributed by atoms with van der Waals surface area (Å²) >= 11 is 0.